The number of nitrogens with two attached hydrogens (primary N) is 1. The lowest BCUT2D eigenvalue weighted by Crippen LogP contribution is -2.44. The highest BCUT2D eigenvalue weighted by atomic mass is 32.2. The van der Waals surface area contributed by atoms with Crippen molar-refractivity contribution in [1.82, 2.24) is 9.21 Å². The maximum atomic E-state index is 13.0. The average Bonchev–Trinajstić information content (AvgIpc) is 2.33. The van der Waals surface area contributed by atoms with Crippen LogP contribution in [-0.2, 0) is 10.0 Å². The van der Waals surface area contributed by atoms with Crippen molar-refractivity contribution in [1.29, 1.82) is 0 Å². The van der Waals surface area contributed by atoms with E-state index in [0.29, 0.717) is 24.3 Å². The average molecular weight is 313 g/mol. The Balaban J connectivity index is 3.35. The molecule has 0 bridgehead atoms. The van der Waals surface area contributed by atoms with E-state index in [9.17, 15) is 8.42 Å². The van der Waals surface area contributed by atoms with Gasteiger partial charge in [0.25, 0.3) is 0 Å². The largest absolute Gasteiger partial charge is 0.397 e. The molecule has 21 heavy (non-hydrogen) atoms. The highest BCUT2D eigenvalue weighted by molar-refractivity contribution is 7.89. The second kappa shape index (κ2) is 6.77. The highest BCUT2D eigenvalue weighted by Gasteiger charge is 2.31. The first-order chi connectivity index (χ1) is 9.62. The number of nitrogen functional groups attached to an aromatic ring is 1. The smallest absolute Gasteiger partial charge is 0.245 e. The monoisotopic (exact) mass is 313 g/mol. The van der Waals surface area contributed by atoms with E-state index in [1.165, 1.54) is 4.31 Å². The van der Waals surface area contributed by atoms with Crippen LogP contribution in [0.15, 0.2) is 17.0 Å². The van der Waals surface area contributed by atoms with Crippen molar-refractivity contribution < 1.29 is 8.42 Å². The van der Waals surface area contributed by atoms with Gasteiger partial charge in [0.05, 0.1) is 5.69 Å². The predicted molar refractivity (Wildman–Crippen MR) is 87.9 cm³/mol. The van der Waals surface area contributed by atoms with Gasteiger partial charge in [0.2, 0.25) is 10.0 Å². The first-order valence-electron chi connectivity index (χ1n) is 7.15. The van der Waals surface area contributed by atoms with Crippen LogP contribution in [0.3, 0.4) is 0 Å². The molecule has 0 radical (unpaired) electrons. The quantitative estimate of drug-likeness (QED) is 0.814. The van der Waals surface area contributed by atoms with Gasteiger partial charge < -0.3 is 10.6 Å². The topological polar surface area (TPSA) is 66.6 Å². The number of anilines is 1. The van der Waals surface area contributed by atoms with Crippen molar-refractivity contribution in [3.05, 3.63) is 23.3 Å². The number of benzene rings is 1. The van der Waals surface area contributed by atoms with Gasteiger partial charge in [-0.1, -0.05) is 19.1 Å². The van der Waals surface area contributed by atoms with Crippen LogP contribution in [0.2, 0.25) is 0 Å². The molecule has 0 spiro atoms. The lowest BCUT2D eigenvalue weighted by Gasteiger charge is -2.30. The summed E-state index contributed by atoms with van der Waals surface area (Å²) in [5, 5.41) is 0. The summed E-state index contributed by atoms with van der Waals surface area (Å²) in [4.78, 5) is 2.23. The molecule has 0 aromatic heterocycles. The second-order valence-electron chi connectivity index (χ2n) is 5.76. The molecule has 2 N–H and O–H groups in total. The van der Waals surface area contributed by atoms with Crippen LogP contribution in [0.4, 0.5) is 5.69 Å². The highest BCUT2D eigenvalue weighted by Crippen LogP contribution is 2.29. The van der Waals surface area contributed by atoms with Crippen LogP contribution in [0, 0.1) is 13.8 Å². The standard InChI is InChI=1S/C15H27N3O2S/c1-7-18(13(4)10-17(5)6)21(19,20)15-12(3)9-8-11(2)14(15)16/h8-9,13H,7,10,16H2,1-6H3. The molecule has 1 aromatic rings. The molecule has 0 amide bonds. The molecule has 0 aliphatic carbocycles. The molecule has 120 valence electrons. The zero-order valence-corrected chi connectivity index (χ0v) is 14.7. The summed E-state index contributed by atoms with van der Waals surface area (Å²) in [6.45, 7) is 8.47. The molecule has 0 aliphatic heterocycles. The Bertz CT molecular complexity index is 597. The van der Waals surface area contributed by atoms with Crippen LogP contribution in [0.1, 0.15) is 25.0 Å². The molecular weight excluding hydrogens is 286 g/mol. The summed E-state index contributed by atoms with van der Waals surface area (Å²) < 4.78 is 27.5. The molecule has 1 atom stereocenters. The fourth-order valence-corrected chi connectivity index (χ4v) is 4.63. The van der Waals surface area contributed by atoms with E-state index in [4.69, 9.17) is 5.73 Å². The minimum Gasteiger partial charge on any atom is -0.397 e. The van der Waals surface area contributed by atoms with E-state index < -0.39 is 10.0 Å². The summed E-state index contributed by atoms with van der Waals surface area (Å²) in [5.74, 6) is 0. The molecule has 0 fully saturated rings. The van der Waals surface area contributed by atoms with Crippen molar-refractivity contribution in [3.63, 3.8) is 0 Å². The van der Waals surface area contributed by atoms with Crippen LogP contribution in [0.25, 0.3) is 0 Å². The normalized spacial score (nSPS) is 13.9. The lowest BCUT2D eigenvalue weighted by molar-refractivity contribution is 0.271. The second-order valence-corrected chi connectivity index (χ2v) is 7.59. The number of likely N-dealkylation sites (N-methyl/N-ethyl adjacent to an activating group) is 2. The first kappa shape index (κ1) is 17.9. The number of sulfonamides is 1. The molecular formula is C15H27N3O2S. The van der Waals surface area contributed by atoms with Gasteiger partial charge in [-0.2, -0.15) is 4.31 Å². The Kier molecular flexibility index (Phi) is 5.78. The van der Waals surface area contributed by atoms with Gasteiger partial charge in [-0.25, -0.2) is 8.42 Å². The summed E-state index contributed by atoms with van der Waals surface area (Å²) in [5.41, 5.74) is 7.88. The summed E-state index contributed by atoms with van der Waals surface area (Å²) in [6, 6.07) is 3.54. The van der Waals surface area contributed by atoms with E-state index >= 15 is 0 Å². The Morgan fingerprint density at radius 3 is 2.19 bits per heavy atom. The van der Waals surface area contributed by atoms with Crippen LogP contribution >= 0.6 is 0 Å². The Labute approximate surface area is 128 Å². The van der Waals surface area contributed by atoms with Crippen LogP contribution < -0.4 is 5.73 Å². The summed E-state index contributed by atoms with van der Waals surface area (Å²) in [7, 11) is 0.269. The zero-order chi connectivity index (χ0) is 16.4. The predicted octanol–water partition coefficient (Wildman–Crippen LogP) is 1.85. The van der Waals surface area contributed by atoms with E-state index in [1.54, 1.807) is 6.92 Å². The van der Waals surface area contributed by atoms with Crippen molar-refractivity contribution in [3.8, 4) is 0 Å². The fraction of sp³-hybridized carbons (Fsp3) is 0.600. The number of hydrogen-bond acceptors (Lipinski definition) is 4. The molecule has 0 saturated carbocycles. The van der Waals surface area contributed by atoms with Gasteiger partial charge in [0.1, 0.15) is 4.90 Å². The third-order valence-corrected chi connectivity index (χ3v) is 5.90. The van der Waals surface area contributed by atoms with Gasteiger partial charge in [-0.15, -0.1) is 0 Å². The molecule has 1 unspecified atom stereocenters. The van der Waals surface area contributed by atoms with Gasteiger partial charge in [-0.05, 0) is 46.0 Å². The van der Waals surface area contributed by atoms with Gasteiger partial charge in [0.15, 0.2) is 0 Å². The Morgan fingerprint density at radius 1 is 1.19 bits per heavy atom. The number of aryl methyl sites for hydroxylation is 2. The lowest BCUT2D eigenvalue weighted by atomic mass is 10.1. The molecule has 1 rings (SSSR count). The van der Waals surface area contributed by atoms with Crippen molar-refractivity contribution in [2.75, 3.05) is 32.9 Å². The van der Waals surface area contributed by atoms with Gasteiger partial charge in [-0.3, -0.25) is 0 Å². The van der Waals surface area contributed by atoms with Crippen LogP contribution in [0.5, 0.6) is 0 Å². The minimum absolute atomic E-state index is 0.116. The van der Waals surface area contributed by atoms with E-state index in [-0.39, 0.29) is 10.9 Å². The molecule has 0 saturated heterocycles. The number of nitrogens with zero attached hydrogens (tertiary/aromatic N) is 2. The first-order valence-corrected chi connectivity index (χ1v) is 8.59. The van der Waals surface area contributed by atoms with E-state index in [0.717, 1.165) is 5.56 Å². The maximum Gasteiger partial charge on any atom is 0.245 e. The van der Waals surface area contributed by atoms with Crippen molar-refractivity contribution in [2.24, 2.45) is 0 Å². The zero-order valence-electron chi connectivity index (χ0n) is 13.8. The maximum absolute atomic E-state index is 13.0. The van der Waals surface area contributed by atoms with Crippen molar-refractivity contribution >= 4 is 15.7 Å². The van der Waals surface area contributed by atoms with Gasteiger partial charge in [0, 0.05) is 19.1 Å². The third-order valence-electron chi connectivity index (χ3n) is 3.61. The fourth-order valence-electron chi connectivity index (χ4n) is 2.60. The third kappa shape index (κ3) is 3.75. The minimum atomic E-state index is -3.60. The Hall–Kier alpha value is -1.11. The SMILES string of the molecule is CCN(C(C)CN(C)C)S(=O)(=O)c1c(C)ccc(C)c1N. The van der Waals surface area contributed by atoms with E-state index in [1.807, 2.05) is 51.9 Å². The Morgan fingerprint density at radius 2 is 1.71 bits per heavy atom. The molecule has 0 aliphatic rings. The number of hydrogen-bond donors (Lipinski definition) is 1. The van der Waals surface area contributed by atoms with Crippen LogP contribution in [-0.4, -0.2) is 50.8 Å². The summed E-state index contributed by atoms with van der Waals surface area (Å²) >= 11 is 0. The van der Waals surface area contributed by atoms with Gasteiger partial charge >= 0.3 is 0 Å². The van der Waals surface area contributed by atoms with E-state index in [2.05, 4.69) is 0 Å². The molecule has 1 aromatic carbocycles. The molecule has 5 nitrogen and oxygen atoms in total. The van der Waals surface area contributed by atoms with Crippen molar-refractivity contribution in [2.45, 2.75) is 38.6 Å². The molecule has 6 heteroatoms. The molecule has 0 heterocycles. The number of rotatable bonds is 6. The summed E-state index contributed by atoms with van der Waals surface area (Å²) in [6.07, 6.45) is 0.